The highest BCUT2D eigenvalue weighted by Crippen LogP contribution is 2.62. The van der Waals surface area contributed by atoms with Crippen molar-refractivity contribution >= 4 is 0 Å². The number of hydrogen-bond acceptors (Lipinski definition) is 5. The number of likely N-dealkylation sites (N-methyl/N-ethyl adjacent to an activating group) is 1. The molecule has 0 aromatic heterocycles. The molecule has 0 radical (unpaired) electrons. The van der Waals surface area contributed by atoms with E-state index in [1.54, 1.807) is 0 Å². The second-order valence-electron chi connectivity index (χ2n) is 7.55. The number of likely N-dealkylation sites (tertiary alicyclic amines) is 1. The summed E-state index contributed by atoms with van der Waals surface area (Å²) in [6.07, 6.45) is 5.43. The summed E-state index contributed by atoms with van der Waals surface area (Å²) in [4.78, 5) is 2.47. The fourth-order valence-corrected chi connectivity index (χ4v) is 5.51. The molecule has 24 heavy (non-hydrogen) atoms. The van der Waals surface area contributed by atoms with Crippen LogP contribution < -0.4 is 15.2 Å². The van der Waals surface area contributed by atoms with E-state index in [9.17, 15) is 5.11 Å². The average Bonchev–Trinajstić information content (AvgIpc) is 2.94. The molecule has 2 aliphatic heterocycles. The maximum absolute atomic E-state index is 10.6. The minimum Gasteiger partial charge on any atom is -0.488 e. The first-order valence-electron chi connectivity index (χ1n) is 8.89. The standard InChI is InChI=1S/C19H24N2O3/c1-21-8-6-19-12-3-4-14(22)18(19)24-17-15(23-9-7-20)5-2-11(16(17)19)10-13(12)21/h2-5,12-14,18,22H,6-10,20H2,1H3/t12-,13+,14-,18-,19-/m0/s1. The summed E-state index contributed by atoms with van der Waals surface area (Å²) in [6, 6.07) is 4.67. The third-order valence-electron chi connectivity index (χ3n) is 6.51. The van der Waals surface area contributed by atoms with E-state index in [0.29, 0.717) is 25.1 Å². The van der Waals surface area contributed by atoms with Gasteiger partial charge in [-0.15, -0.1) is 0 Å². The highest BCUT2D eigenvalue weighted by atomic mass is 16.5. The Morgan fingerprint density at radius 1 is 1.42 bits per heavy atom. The SMILES string of the molecule is CN1CC[C@]23c4c5ccc(OCCN)c4O[C@H]2[C@@H](O)C=C[C@H]3[C@H]1C5. The van der Waals surface area contributed by atoms with Gasteiger partial charge in [-0.05, 0) is 38.1 Å². The quantitative estimate of drug-likeness (QED) is 0.805. The van der Waals surface area contributed by atoms with Gasteiger partial charge in [0.2, 0.25) is 0 Å². The van der Waals surface area contributed by atoms with Crippen LogP contribution in [0, 0.1) is 5.92 Å². The van der Waals surface area contributed by atoms with Crippen LogP contribution in [0.15, 0.2) is 24.3 Å². The minimum absolute atomic E-state index is 0.115. The Balaban J connectivity index is 1.72. The van der Waals surface area contributed by atoms with E-state index in [-0.39, 0.29) is 11.5 Å². The molecule has 1 fully saturated rings. The zero-order chi connectivity index (χ0) is 16.5. The number of nitrogens with zero attached hydrogens (tertiary/aromatic N) is 1. The van der Waals surface area contributed by atoms with Gasteiger partial charge >= 0.3 is 0 Å². The van der Waals surface area contributed by atoms with E-state index in [2.05, 4.69) is 24.1 Å². The number of nitrogens with two attached hydrogens (primary N) is 1. The van der Waals surface area contributed by atoms with Crippen molar-refractivity contribution in [2.45, 2.75) is 36.5 Å². The van der Waals surface area contributed by atoms with Crippen LogP contribution in [0.5, 0.6) is 11.5 Å². The van der Waals surface area contributed by atoms with Gasteiger partial charge in [-0.25, -0.2) is 0 Å². The predicted octanol–water partition coefficient (Wildman–Crippen LogP) is 0.830. The number of aliphatic hydroxyl groups is 1. The molecule has 1 saturated heterocycles. The largest absolute Gasteiger partial charge is 0.488 e. The van der Waals surface area contributed by atoms with Crippen LogP contribution in [0.25, 0.3) is 0 Å². The molecule has 2 heterocycles. The van der Waals surface area contributed by atoms with E-state index in [1.807, 2.05) is 12.1 Å². The molecule has 1 spiro atoms. The van der Waals surface area contributed by atoms with Crippen LogP contribution in [0.2, 0.25) is 0 Å². The van der Waals surface area contributed by atoms with Crippen molar-refractivity contribution in [1.29, 1.82) is 0 Å². The lowest BCUT2D eigenvalue weighted by Gasteiger charge is -2.56. The van der Waals surface area contributed by atoms with Crippen LogP contribution in [0.4, 0.5) is 0 Å². The van der Waals surface area contributed by atoms with E-state index in [1.165, 1.54) is 11.1 Å². The topological polar surface area (TPSA) is 68.0 Å². The van der Waals surface area contributed by atoms with Crippen molar-refractivity contribution in [1.82, 2.24) is 4.90 Å². The summed E-state index contributed by atoms with van der Waals surface area (Å²) >= 11 is 0. The molecular formula is C19H24N2O3. The van der Waals surface area contributed by atoms with Gasteiger partial charge in [0.25, 0.3) is 0 Å². The van der Waals surface area contributed by atoms with Crippen molar-refractivity contribution in [3.8, 4) is 11.5 Å². The Morgan fingerprint density at radius 2 is 2.29 bits per heavy atom. The minimum atomic E-state index is -0.564. The summed E-state index contributed by atoms with van der Waals surface area (Å²) in [5, 5.41) is 10.6. The predicted molar refractivity (Wildman–Crippen MR) is 90.5 cm³/mol. The summed E-state index contributed by atoms with van der Waals surface area (Å²) in [7, 11) is 2.21. The van der Waals surface area contributed by atoms with E-state index >= 15 is 0 Å². The number of hydrogen-bond donors (Lipinski definition) is 2. The lowest BCUT2D eigenvalue weighted by Crippen LogP contribution is -2.64. The molecule has 0 saturated carbocycles. The van der Waals surface area contributed by atoms with Gasteiger partial charge in [-0.2, -0.15) is 0 Å². The van der Waals surface area contributed by atoms with E-state index < -0.39 is 6.10 Å². The normalized spacial score (nSPS) is 38.6. The average molecular weight is 328 g/mol. The third kappa shape index (κ3) is 1.65. The number of ether oxygens (including phenoxy) is 2. The zero-order valence-electron chi connectivity index (χ0n) is 13.9. The van der Waals surface area contributed by atoms with Gasteiger partial charge in [0.05, 0.1) is 0 Å². The molecule has 2 bridgehead atoms. The van der Waals surface area contributed by atoms with Gasteiger partial charge in [-0.1, -0.05) is 18.2 Å². The zero-order valence-corrected chi connectivity index (χ0v) is 13.9. The van der Waals surface area contributed by atoms with Crippen LogP contribution >= 0.6 is 0 Å². The fraction of sp³-hybridized carbons (Fsp3) is 0.579. The van der Waals surface area contributed by atoms with Crippen LogP contribution in [-0.2, 0) is 11.8 Å². The van der Waals surface area contributed by atoms with Gasteiger partial charge in [0.1, 0.15) is 18.8 Å². The van der Waals surface area contributed by atoms with Crippen molar-refractivity contribution in [3.05, 3.63) is 35.4 Å². The first-order valence-corrected chi connectivity index (χ1v) is 8.89. The Hall–Kier alpha value is -1.56. The van der Waals surface area contributed by atoms with Crippen LogP contribution in [0.1, 0.15) is 17.5 Å². The fourth-order valence-electron chi connectivity index (χ4n) is 5.51. The molecule has 4 aliphatic rings. The van der Waals surface area contributed by atoms with Crippen LogP contribution in [-0.4, -0.2) is 55.0 Å². The van der Waals surface area contributed by atoms with Crippen molar-refractivity contribution in [2.24, 2.45) is 11.7 Å². The lowest BCUT2D eigenvalue weighted by atomic mass is 9.53. The smallest absolute Gasteiger partial charge is 0.165 e. The molecule has 1 aromatic rings. The van der Waals surface area contributed by atoms with Gasteiger partial charge < -0.3 is 25.2 Å². The summed E-state index contributed by atoms with van der Waals surface area (Å²) in [5.74, 6) is 2.01. The number of aliphatic hydroxyl groups excluding tert-OH is 1. The number of rotatable bonds is 3. The monoisotopic (exact) mass is 328 g/mol. The molecule has 0 unspecified atom stereocenters. The molecule has 0 amide bonds. The molecule has 1 aromatic carbocycles. The molecule has 2 aliphatic carbocycles. The van der Waals surface area contributed by atoms with Gasteiger partial charge in [0, 0.05) is 29.5 Å². The summed E-state index contributed by atoms with van der Waals surface area (Å²) in [6.45, 7) is 1.99. The first kappa shape index (κ1) is 14.8. The number of benzene rings is 1. The van der Waals surface area contributed by atoms with Crippen molar-refractivity contribution < 1.29 is 14.6 Å². The first-order chi connectivity index (χ1) is 11.7. The molecular weight excluding hydrogens is 304 g/mol. The third-order valence-corrected chi connectivity index (χ3v) is 6.51. The maximum Gasteiger partial charge on any atom is 0.165 e. The number of piperidine rings is 1. The summed E-state index contributed by atoms with van der Waals surface area (Å²) < 4.78 is 12.2. The molecule has 5 heteroatoms. The summed E-state index contributed by atoms with van der Waals surface area (Å²) in [5.41, 5.74) is 8.12. The van der Waals surface area contributed by atoms with Gasteiger partial charge in [0.15, 0.2) is 11.5 Å². The Bertz CT molecular complexity index is 719. The van der Waals surface area contributed by atoms with E-state index in [4.69, 9.17) is 15.2 Å². The van der Waals surface area contributed by atoms with Crippen LogP contribution in [0.3, 0.4) is 0 Å². The van der Waals surface area contributed by atoms with Gasteiger partial charge in [-0.3, -0.25) is 0 Å². The molecule has 3 N–H and O–H groups in total. The lowest BCUT2D eigenvalue weighted by molar-refractivity contribution is -0.0453. The second-order valence-corrected chi connectivity index (χ2v) is 7.55. The van der Waals surface area contributed by atoms with Crippen molar-refractivity contribution in [3.63, 3.8) is 0 Å². The van der Waals surface area contributed by atoms with Crippen molar-refractivity contribution in [2.75, 3.05) is 26.7 Å². The maximum atomic E-state index is 10.6. The second kappa shape index (κ2) is 4.97. The highest BCUT2D eigenvalue weighted by molar-refractivity contribution is 5.62. The Morgan fingerprint density at radius 3 is 3.12 bits per heavy atom. The highest BCUT2D eigenvalue weighted by Gasteiger charge is 2.64. The molecule has 5 nitrogen and oxygen atoms in total. The Kier molecular flexibility index (Phi) is 3.06. The molecule has 128 valence electrons. The van der Waals surface area contributed by atoms with E-state index in [0.717, 1.165) is 30.9 Å². The Labute approximate surface area is 142 Å². The molecule has 5 rings (SSSR count). The molecule has 5 atom stereocenters.